The van der Waals surface area contributed by atoms with Crippen LogP contribution in [0, 0.1) is 18.3 Å². The van der Waals surface area contributed by atoms with Crippen LogP contribution in [0.15, 0.2) is 12.1 Å². The fraction of sp³-hybridized carbons (Fsp3) is 0.650. The van der Waals surface area contributed by atoms with Crippen LogP contribution >= 0.6 is 0 Å². The lowest BCUT2D eigenvalue weighted by Gasteiger charge is -2.50. The zero-order valence-corrected chi connectivity index (χ0v) is 15.9. The molecule has 2 fully saturated rings. The SMILES string of the molecule is Cc1ccc(C(=O)N2CCC(C3NC(=O)C3(C)C)CC2)c(C(C)C)n1. The maximum absolute atomic E-state index is 13.0. The van der Waals surface area contributed by atoms with Crippen molar-refractivity contribution in [2.24, 2.45) is 11.3 Å². The standard InChI is InChI=1S/C20H29N3O2/c1-12(2)16-15(7-6-13(3)21-16)18(24)23-10-8-14(9-11-23)17-20(4,5)19(25)22-17/h6-7,12,14,17H,8-11H2,1-5H3,(H,22,25). The van der Waals surface area contributed by atoms with Gasteiger partial charge in [-0.3, -0.25) is 14.6 Å². The van der Waals surface area contributed by atoms with Crippen LogP contribution in [0.5, 0.6) is 0 Å². The van der Waals surface area contributed by atoms with Gasteiger partial charge in [0.1, 0.15) is 0 Å². The summed E-state index contributed by atoms with van der Waals surface area (Å²) in [6.07, 6.45) is 1.88. The Bertz CT molecular complexity index is 688. The van der Waals surface area contributed by atoms with Crippen LogP contribution in [0.25, 0.3) is 0 Å². The highest BCUT2D eigenvalue weighted by Crippen LogP contribution is 2.38. The van der Waals surface area contributed by atoms with Crippen LogP contribution in [0.4, 0.5) is 0 Å². The van der Waals surface area contributed by atoms with E-state index in [0.29, 0.717) is 5.92 Å². The van der Waals surface area contributed by atoms with Gasteiger partial charge in [0.25, 0.3) is 5.91 Å². The fourth-order valence-corrected chi connectivity index (χ4v) is 4.08. The third-order valence-electron chi connectivity index (χ3n) is 5.79. The molecule has 0 saturated carbocycles. The second-order valence-electron chi connectivity index (χ2n) is 8.34. The molecule has 0 spiro atoms. The Morgan fingerprint density at radius 1 is 1.28 bits per heavy atom. The normalized spacial score (nSPS) is 23.4. The molecular weight excluding hydrogens is 314 g/mol. The predicted octanol–water partition coefficient (Wildman–Crippen LogP) is 2.89. The lowest BCUT2D eigenvalue weighted by atomic mass is 9.68. The monoisotopic (exact) mass is 343 g/mol. The van der Waals surface area contributed by atoms with Crippen LogP contribution < -0.4 is 5.32 Å². The summed E-state index contributed by atoms with van der Waals surface area (Å²) in [6.45, 7) is 11.6. The lowest BCUT2D eigenvalue weighted by molar-refractivity contribution is -0.146. The molecule has 0 bridgehead atoms. The number of aromatic nitrogens is 1. The van der Waals surface area contributed by atoms with Crippen molar-refractivity contribution in [2.75, 3.05) is 13.1 Å². The molecule has 1 atom stereocenters. The molecule has 0 aliphatic carbocycles. The Balaban J connectivity index is 1.68. The van der Waals surface area contributed by atoms with Gasteiger partial charge < -0.3 is 10.2 Å². The van der Waals surface area contributed by atoms with Crippen LogP contribution in [-0.2, 0) is 4.79 Å². The zero-order valence-electron chi connectivity index (χ0n) is 15.9. The highest BCUT2D eigenvalue weighted by atomic mass is 16.2. The number of likely N-dealkylation sites (tertiary alicyclic amines) is 1. The van der Waals surface area contributed by atoms with E-state index in [-0.39, 0.29) is 29.2 Å². The highest BCUT2D eigenvalue weighted by Gasteiger charge is 2.51. The first-order valence-electron chi connectivity index (χ1n) is 9.29. The molecule has 1 aromatic rings. The Labute approximate surface area is 150 Å². The third-order valence-corrected chi connectivity index (χ3v) is 5.79. The summed E-state index contributed by atoms with van der Waals surface area (Å²) >= 11 is 0. The molecule has 5 heteroatoms. The molecule has 136 valence electrons. The number of carbonyl (C=O) groups is 2. The van der Waals surface area contributed by atoms with E-state index < -0.39 is 0 Å². The molecule has 2 aliphatic rings. The number of aryl methyl sites for hydroxylation is 1. The molecule has 1 N–H and O–H groups in total. The zero-order chi connectivity index (χ0) is 18.4. The summed E-state index contributed by atoms with van der Waals surface area (Å²) in [5.74, 6) is 0.912. The molecule has 25 heavy (non-hydrogen) atoms. The number of rotatable bonds is 3. The van der Waals surface area contributed by atoms with Crippen molar-refractivity contribution in [3.05, 3.63) is 29.1 Å². The average Bonchev–Trinajstić information content (AvgIpc) is 2.59. The molecule has 3 rings (SSSR count). The van der Waals surface area contributed by atoms with Crippen molar-refractivity contribution in [2.45, 2.75) is 59.4 Å². The van der Waals surface area contributed by atoms with Gasteiger partial charge in [-0.25, -0.2) is 0 Å². The van der Waals surface area contributed by atoms with Crippen LogP contribution in [0.2, 0.25) is 0 Å². The van der Waals surface area contributed by atoms with Crippen molar-refractivity contribution >= 4 is 11.8 Å². The van der Waals surface area contributed by atoms with Gasteiger partial charge in [-0.1, -0.05) is 13.8 Å². The number of hydrogen-bond acceptors (Lipinski definition) is 3. The molecule has 1 aromatic heterocycles. The van der Waals surface area contributed by atoms with Crippen molar-refractivity contribution in [1.82, 2.24) is 15.2 Å². The van der Waals surface area contributed by atoms with Gasteiger partial charge in [0.2, 0.25) is 5.91 Å². The number of nitrogens with zero attached hydrogens (tertiary/aromatic N) is 2. The molecule has 1 unspecified atom stereocenters. The van der Waals surface area contributed by atoms with E-state index in [0.717, 1.165) is 42.9 Å². The summed E-state index contributed by atoms with van der Waals surface area (Å²) in [4.78, 5) is 31.2. The Morgan fingerprint density at radius 2 is 1.92 bits per heavy atom. The lowest BCUT2D eigenvalue weighted by Crippen LogP contribution is -2.68. The van der Waals surface area contributed by atoms with Gasteiger partial charge in [0.15, 0.2) is 0 Å². The Kier molecular flexibility index (Phi) is 4.60. The number of piperidine rings is 1. The first-order chi connectivity index (χ1) is 11.7. The molecule has 0 aromatic carbocycles. The van der Waals surface area contributed by atoms with E-state index in [1.807, 2.05) is 37.8 Å². The maximum atomic E-state index is 13.0. The quantitative estimate of drug-likeness (QED) is 0.859. The fourth-order valence-electron chi connectivity index (χ4n) is 4.08. The summed E-state index contributed by atoms with van der Waals surface area (Å²) in [5.41, 5.74) is 2.29. The third kappa shape index (κ3) is 3.16. The van der Waals surface area contributed by atoms with Gasteiger partial charge >= 0.3 is 0 Å². The second-order valence-corrected chi connectivity index (χ2v) is 8.34. The van der Waals surface area contributed by atoms with Crippen molar-refractivity contribution in [3.8, 4) is 0 Å². The molecule has 0 radical (unpaired) electrons. The van der Waals surface area contributed by atoms with E-state index in [2.05, 4.69) is 24.1 Å². The van der Waals surface area contributed by atoms with Crippen molar-refractivity contribution < 1.29 is 9.59 Å². The number of carbonyl (C=O) groups excluding carboxylic acids is 2. The number of β-lactam (4-membered cyclic amide) rings is 1. The van der Waals surface area contributed by atoms with Gasteiger partial charge in [-0.2, -0.15) is 0 Å². The first kappa shape index (κ1) is 17.9. The van der Waals surface area contributed by atoms with Crippen molar-refractivity contribution in [3.63, 3.8) is 0 Å². The smallest absolute Gasteiger partial charge is 0.255 e. The summed E-state index contributed by atoms with van der Waals surface area (Å²) in [5, 5.41) is 3.06. The summed E-state index contributed by atoms with van der Waals surface area (Å²) < 4.78 is 0. The number of nitrogens with one attached hydrogen (secondary N) is 1. The minimum absolute atomic E-state index is 0.0894. The molecule has 5 nitrogen and oxygen atoms in total. The van der Waals surface area contributed by atoms with Gasteiger partial charge in [0.05, 0.1) is 16.7 Å². The van der Waals surface area contributed by atoms with E-state index >= 15 is 0 Å². The minimum atomic E-state index is -0.275. The Morgan fingerprint density at radius 3 is 2.44 bits per heavy atom. The van der Waals surface area contributed by atoms with Gasteiger partial charge in [-0.05, 0) is 57.6 Å². The van der Waals surface area contributed by atoms with Crippen LogP contribution in [-0.4, -0.2) is 40.8 Å². The molecule has 2 saturated heterocycles. The van der Waals surface area contributed by atoms with E-state index in [9.17, 15) is 9.59 Å². The van der Waals surface area contributed by atoms with Gasteiger partial charge in [0, 0.05) is 24.8 Å². The Hall–Kier alpha value is -1.91. The predicted molar refractivity (Wildman–Crippen MR) is 97.4 cm³/mol. The molecule has 3 heterocycles. The largest absolute Gasteiger partial charge is 0.351 e. The summed E-state index contributed by atoms with van der Waals surface area (Å²) in [7, 11) is 0. The van der Waals surface area contributed by atoms with Crippen LogP contribution in [0.1, 0.15) is 68.2 Å². The van der Waals surface area contributed by atoms with Gasteiger partial charge in [-0.15, -0.1) is 0 Å². The minimum Gasteiger partial charge on any atom is -0.351 e. The summed E-state index contributed by atoms with van der Waals surface area (Å²) in [6, 6.07) is 4.07. The van der Waals surface area contributed by atoms with E-state index in [4.69, 9.17) is 0 Å². The molecular formula is C20H29N3O2. The molecule has 2 aliphatic heterocycles. The first-order valence-corrected chi connectivity index (χ1v) is 9.29. The van der Waals surface area contributed by atoms with E-state index in [1.54, 1.807) is 0 Å². The highest BCUT2D eigenvalue weighted by molar-refractivity contribution is 5.95. The van der Waals surface area contributed by atoms with E-state index in [1.165, 1.54) is 0 Å². The number of hydrogen-bond donors (Lipinski definition) is 1. The second kappa shape index (κ2) is 6.43. The maximum Gasteiger partial charge on any atom is 0.255 e. The van der Waals surface area contributed by atoms with Crippen molar-refractivity contribution in [1.29, 1.82) is 0 Å². The number of pyridine rings is 1. The topological polar surface area (TPSA) is 62.3 Å². The number of amides is 2. The molecule has 2 amide bonds. The average molecular weight is 343 g/mol. The van der Waals surface area contributed by atoms with Crippen LogP contribution in [0.3, 0.4) is 0 Å².